The molecule has 2 aromatic carbocycles. The molecular formula is C38H40F2N8O2. The summed E-state index contributed by atoms with van der Waals surface area (Å²) in [6.07, 6.45) is 13.8. The zero-order valence-corrected chi connectivity index (χ0v) is 27.9. The van der Waals surface area contributed by atoms with Gasteiger partial charge in [0, 0.05) is 80.3 Å². The van der Waals surface area contributed by atoms with Gasteiger partial charge in [-0.25, -0.2) is 13.8 Å². The van der Waals surface area contributed by atoms with Crippen LogP contribution in [0.4, 0.5) is 20.3 Å². The van der Waals surface area contributed by atoms with Crippen molar-refractivity contribution in [3.8, 4) is 29.5 Å². The lowest BCUT2D eigenvalue weighted by molar-refractivity contribution is 0.107. The minimum absolute atomic E-state index is 0.161. The number of piperazine rings is 1. The molecule has 4 fully saturated rings. The Morgan fingerprint density at radius 2 is 1.94 bits per heavy atom. The number of aliphatic hydroxyl groups excluding tert-OH is 1. The van der Waals surface area contributed by atoms with Crippen LogP contribution >= 0.6 is 0 Å². The number of imidazole rings is 1. The Kier molecular flexibility index (Phi) is 7.56. The van der Waals surface area contributed by atoms with Gasteiger partial charge in [-0.2, -0.15) is 9.97 Å². The number of aliphatic hydroxyl groups is 1. The van der Waals surface area contributed by atoms with Gasteiger partial charge in [0.15, 0.2) is 5.82 Å². The van der Waals surface area contributed by atoms with Gasteiger partial charge in [-0.15, -0.1) is 6.42 Å². The fourth-order valence-electron chi connectivity index (χ4n) is 9.38. The molecule has 7 heterocycles. The fraction of sp³-hybridized carbons (Fsp3) is 0.447. The summed E-state index contributed by atoms with van der Waals surface area (Å²) in [4.78, 5) is 22.1. The molecular weight excluding hydrogens is 638 g/mol. The van der Waals surface area contributed by atoms with Crippen molar-refractivity contribution in [2.24, 2.45) is 0 Å². The van der Waals surface area contributed by atoms with Crippen molar-refractivity contribution >= 4 is 39.0 Å². The van der Waals surface area contributed by atoms with Gasteiger partial charge in [0.05, 0.1) is 16.6 Å². The maximum atomic E-state index is 15.2. The van der Waals surface area contributed by atoms with Gasteiger partial charge >= 0.3 is 6.01 Å². The first-order chi connectivity index (χ1) is 24.4. The summed E-state index contributed by atoms with van der Waals surface area (Å²) in [5.74, 6) is 2.85. The minimum atomic E-state index is -0.868. The van der Waals surface area contributed by atoms with E-state index in [0.717, 1.165) is 75.0 Å². The van der Waals surface area contributed by atoms with Crippen LogP contribution in [0.15, 0.2) is 42.7 Å². The van der Waals surface area contributed by atoms with E-state index in [4.69, 9.17) is 31.8 Å². The quantitative estimate of drug-likeness (QED) is 0.177. The number of hydrogen-bond acceptors (Lipinski definition) is 9. The van der Waals surface area contributed by atoms with Crippen LogP contribution in [-0.4, -0.2) is 104 Å². The number of nitrogens with zero attached hydrogens (tertiary/aromatic N) is 7. The van der Waals surface area contributed by atoms with Gasteiger partial charge in [0.25, 0.3) is 0 Å². The lowest BCUT2D eigenvalue weighted by Gasteiger charge is -2.42. The van der Waals surface area contributed by atoms with Crippen LogP contribution in [-0.2, 0) is 0 Å². The number of ether oxygens (including phenoxy) is 1. The second-order valence-corrected chi connectivity index (χ2v) is 14.5. The smallest absolute Gasteiger partial charge is 0.319 e. The number of pyridine rings is 1. The van der Waals surface area contributed by atoms with Crippen LogP contribution in [0.25, 0.3) is 38.6 Å². The van der Waals surface area contributed by atoms with Crippen LogP contribution in [0.5, 0.6) is 6.01 Å². The summed E-state index contributed by atoms with van der Waals surface area (Å²) in [7, 11) is 0. The predicted molar refractivity (Wildman–Crippen MR) is 190 cm³/mol. The van der Waals surface area contributed by atoms with Gasteiger partial charge in [-0.3, -0.25) is 14.2 Å². The highest BCUT2D eigenvalue weighted by Crippen LogP contribution is 2.43. The second-order valence-electron chi connectivity index (χ2n) is 14.5. The van der Waals surface area contributed by atoms with Gasteiger partial charge in [0.2, 0.25) is 0 Å². The summed E-state index contributed by atoms with van der Waals surface area (Å²) in [5, 5.41) is 10.8. The first kappa shape index (κ1) is 31.4. The highest BCUT2D eigenvalue weighted by Gasteiger charge is 2.49. The van der Waals surface area contributed by atoms with Crippen molar-refractivity contribution in [3.63, 3.8) is 0 Å². The number of anilines is 2. The van der Waals surface area contributed by atoms with Crippen molar-refractivity contribution in [2.75, 3.05) is 56.6 Å². The monoisotopic (exact) mass is 678 g/mol. The summed E-state index contributed by atoms with van der Waals surface area (Å²) in [6.45, 7) is 4.39. The molecule has 0 aliphatic carbocycles. The Labute approximate surface area is 288 Å². The molecule has 4 aliphatic rings. The van der Waals surface area contributed by atoms with Crippen LogP contribution in [0.1, 0.15) is 44.1 Å². The van der Waals surface area contributed by atoms with E-state index < -0.39 is 12.0 Å². The molecule has 0 amide bonds. The number of halogens is 2. The van der Waals surface area contributed by atoms with Gasteiger partial charge in [0.1, 0.15) is 29.8 Å². The average Bonchev–Trinajstić information content (AvgIpc) is 3.87. The van der Waals surface area contributed by atoms with Crippen molar-refractivity contribution in [2.45, 2.75) is 62.3 Å². The second kappa shape index (κ2) is 12.0. The fourth-order valence-corrected chi connectivity index (χ4v) is 9.38. The molecule has 9 rings (SSSR count). The van der Waals surface area contributed by atoms with E-state index in [1.165, 1.54) is 6.07 Å². The third-order valence-electron chi connectivity index (χ3n) is 11.5. The molecule has 4 atom stereocenters. The number of fused-ring (bicyclic) bond motifs is 7. The number of hydrogen-bond donors (Lipinski definition) is 2. The normalized spacial score (nSPS) is 25.2. The molecule has 0 saturated carbocycles. The Bertz CT molecular complexity index is 2170. The molecule has 10 nitrogen and oxygen atoms in total. The third kappa shape index (κ3) is 4.97. The number of terminal acetylenes is 1. The number of nitrogens with two attached hydrogens (primary N) is 1. The Morgan fingerprint density at radius 1 is 1.10 bits per heavy atom. The summed E-state index contributed by atoms with van der Waals surface area (Å²) in [6, 6.07) is 9.32. The number of nitrogen functional groups attached to an aromatic ring is 1. The maximum Gasteiger partial charge on any atom is 0.319 e. The number of aromatic nitrogens is 4. The lowest BCUT2D eigenvalue weighted by atomic mass is 9.93. The topological polar surface area (TPSA) is 108 Å². The largest absolute Gasteiger partial charge is 0.461 e. The van der Waals surface area contributed by atoms with Crippen molar-refractivity contribution in [3.05, 3.63) is 54.1 Å². The highest BCUT2D eigenvalue weighted by atomic mass is 19.1. The first-order valence-corrected chi connectivity index (χ1v) is 17.7. The van der Waals surface area contributed by atoms with Crippen LogP contribution < -0.4 is 15.4 Å². The summed E-state index contributed by atoms with van der Waals surface area (Å²) >= 11 is 0. The molecule has 4 aliphatic heterocycles. The van der Waals surface area contributed by atoms with E-state index in [2.05, 4.69) is 20.6 Å². The van der Waals surface area contributed by atoms with E-state index in [1.54, 1.807) is 18.3 Å². The van der Waals surface area contributed by atoms with Crippen LogP contribution in [0, 0.1) is 18.2 Å². The number of benzene rings is 2. The van der Waals surface area contributed by atoms with Crippen LogP contribution in [0.2, 0.25) is 0 Å². The third-order valence-corrected chi connectivity index (χ3v) is 11.5. The number of rotatable bonds is 8. The molecule has 0 unspecified atom stereocenters. The van der Waals surface area contributed by atoms with Crippen molar-refractivity contribution in [1.29, 1.82) is 0 Å². The number of likely N-dealkylation sites (tertiary alicyclic amines) is 1. The highest BCUT2D eigenvalue weighted by molar-refractivity contribution is 6.07. The maximum absolute atomic E-state index is 15.2. The van der Waals surface area contributed by atoms with E-state index in [0.29, 0.717) is 52.9 Å². The lowest BCUT2D eigenvalue weighted by Crippen LogP contribution is -2.54. The van der Waals surface area contributed by atoms with E-state index in [-0.39, 0.29) is 35.8 Å². The summed E-state index contributed by atoms with van der Waals surface area (Å²) < 4.78 is 38.3. The molecule has 3 aromatic heterocycles. The predicted octanol–water partition coefficient (Wildman–Crippen LogP) is 4.79. The van der Waals surface area contributed by atoms with E-state index in [9.17, 15) is 9.50 Å². The molecule has 2 bridgehead atoms. The zero-order chi connectivity index (χ0) is 34.1. The SMILES string of the molecule is C#Cc1c(F)ccc2cc(N)cc(-c3cc4nc(OC[C@@]56CCCN5C[C@H](F)C6)nc(N5[C@@H]6CC[C@H]5CN(CCCO)C6)c4n4ccnc34)c12. The molecule has 0 spiro atoms. The molecule has 4 saturated heterocycles. The van der Waals surface area contributed by atoms with Gasteiger partial charge in [-0.1, -0.05) is 12.0 Å². The molecule has 3 N–H and O–H groups in total. The first-order valence-electron chi connectivity index (χ1n) is 17.7. The zero-order valence-electron chi connectivity index (χ0n) is 27.9. The average molecular weight is 679 g/mol. The van der Waals surface area contributed by atoms with Crippen molar-refractivity contribution < 1.29 is 18.6 Å². The van der Waals surface area contributed by atoms with E-state index >= 15 is 4.39 Å². The van der Waals surface area contributed by atoms with Crippen LogP contribution in [0.3, 0.4) is 0 Å². The standard InChI is InChI=1S/C38H40F2N8O2/c1-2-28-31(40)8-5-23-15-25(41)16-29(33(23)28)30-17-32-34(47-13-10-42-35(30)47)36(48-26-6-7-27(48)21-45(20-26)11-4-14-49)44-37(43-32)50-22-38-9-3-12-46(38)19-24(39)18-38/h1,5,8,10,13,15-17,24,26-27,49H,3-4,6-7,9,11-12,14,18-22,41H2/t24-,26-,27+,38+/m1/s1. The molecule has 0 radical (unpaired) electrons. The van der Waals surface area contributed by atoms with Gasteiger partial charge < -0.3 is 20.5 Å². The molecule has 258 valence electrons. The molecule has 12 heteroatoms. The molecule has 50 heavy (non-hydrogen) atoms. The Morgan fingerprint density at radius 3 is 2.74 bits per heavy atom. The Balaban J connectivity index is 1.23. The van der Waals surface area contributed by atoms with E-state index in [1.807, 2.05) is 22.7 Å². The van der Waals surface area contributed by atoms with Crippen molar-refractivity contribution in [1.82, 2.24) is 29.2 Å². The number of alkyl halides is 1. The Hall–Kier alpha value is -4.57. The minimum Gasteiger partial charge on any atom is -0.461 e. The summed E-state index contributed by atoms with van der Waals surface area (Å²) in [5.41, 5.74) is 10.2. The molecule has 5 aromatic rings. The van der Waals surface area contributed by atoms with Gasteiger partial charge in [-0.05, 0) is 73.9 Å².